The van der Waals surface area contributed by atoms with E-state index < -0.39 is 0 Å². The minimum Gasteiger partial charge on any atom is -0.0925 e. The van der Waals surface area contributed by atoms with Gasteiger partial charge in [-0.15, -0.1) is 0 Å². The van der Waals surface area contributed by atoms with Crippen LogP contribution >= 0.6 is 15.9 Å². The van der Waals surface area contributed by atoms with Gasteiger partial charge in [-0.25, -0.2) is 0 Å². The highest BCUT2D eigenvalue weighted by molar-refractivity contribution is 9.09. The standard InChI is InChI=1S/C8H17Br/c1-7(2)4-5-8(3)6-9/h7-8H,4-6H2,1-3H3. The molecule has 56 valence electrons. The second-order valence-corrected chi connectivity index (χ2v) is 3.88. The summed E-state index contributed by atoms with van der Waals surface area (Å²) in [5.74, 6) is 1.72. The highest BCUT2D eigenvalue weighted by atomic mass is 79.9. The van der Waals surface area contributed by atoms with Crippen LogP contribution in [0, 0.1) is 11.8 Å². The van der Waals surface area contributed by atoms with Crippen molar-refractivity contribution in [1.29, 1.82) is 0 Å². The molecule has 0 aromatic carbocycles. The Hall–Kier alpha value is 0.480. The molecular formula is C8H17Br. The topological polar surface area (TPSA) is 0 Å². The average molecular weight is 193 g/mol. The smallest absolute Gasteiger partial charge is 0.00570 e. The predicted molar refractivity (Wildman–Crippen MR) is 47.0 cm³/mol. The average Bonchev–Trinajstić information content (AvgIpc) is 1.83. The highest BCUT2D eigenvalue weighted by Gasteiger charge is 2.00. The van der Waals surface area contributed by atoms with E-state index in [0.717, 1.165) is 17.2 Å². The van der Waals surface area contributed by atoms with Crippen LogP contribution in [0.1, 0.15) is 33.6 Å². The first-order chi connectivity index (χ1) is 4.16. The van der Waals surface area contributed by atoms with E-state index in [1.165, 1.54) is 12.8 Å². The van der Waals surface area contributed by atoms with E-state index in [4.69, 9.17) is 0 Å². The molecule has 0 aliphatic rings. The van der Waals surface area contributed by atoms with Crippen LogP contribution in [0.5, 0.6) is 0 Å². The zero-order valence-corrected chi connectivity index (χ0v) is 8.24. The second kappa shape index (κ2) is 5.28. The Morgan fingerprint density at radius 3 is 2.00 bits per heavy atom. The monoisotopic (exact) mass is 192 g/mol. The van der Waals surface area contributed by atoms with Crippen LogP contribution in [0.4, 0.5) is 0 Å². The second-order valence-electron chi connectivity index (χ2n) is 3.23. The molecule has 0 saturated heterocycles. The van der Waals surface area contributed by atoms with Crippen LogP contribution in [-0.2, 0) is 0 Å². The van der Waals surface area contributed by atoms with Gasteiger partial charge in [0.2, 0.25) is 0 Å². The van der Waals surface area contributed by atoms with Crippen molar-refractivity contribution in [2.75, 3.05) is 5.33 Å². The molecule has 0 amide bonds. The van der Waals surface area contributed by atoms with Crippen molar-refractivity contribution in [3.05, 3.63) is 0 Å². The summed E-state index contributed by atoms with van der Waals surface area (Å²) in [6.45, 7) is 6.85. The number of alkyl halides is 1. The Bertz CT molecular complexity index is 59.6. The fourth-order valence-corrected chi connectivity index (χ4v) is 1.02. The first-order valence-electron chi connectivity index (χ1n) is 3.72. The summed E-state index contributed by atoms with van der Waals surface area (Å²) in [5, 5.41) is 1.15. The molecule has 9 heavy (non-hydrogen) atoms. The third-order valence-electron chi connectivity index (χ3n) is 1.50. The van der Waals surface area contributed by atoms with Gasteiger partial charge in [-0.1, -0.05) is 43.1 Å². The zero-order valence-electron chi connectivity index (χ0n) is 6.65. The third kappa shape index (κ3) is 6.36. The molecule has 1 unspecified atom stereocenters. The fourth-order valence-electron chi connectivity index (χ4n) is 0.695. The molecule has 0 aliphatic heterocycles. The van der Waals surface area contributed by atoms with Crippen molar-refractivity contribution in [3.8, 4) is 0 Å². The molecule has 1 atom stereocenters. The minimum absolute atomic E-state index is 0.854. The highest BCUT2D eigenvalue weighted by Crippen LogP contribution is 2.12. The van der Waals surface area contributed by atoms with Crippen molar-refractivity contribution in [1.82, 2.24) is 0 Å². The quantitative estimate of drug-likeness (QED) is 0.600. The summed E-state index contributed by atoms with van der Waals surface area (Å²) in [5.41, 5.74) is 0. The molecule has 0 N–H and O–H groups in total. The summed E-state index contributed by atoms with van der Waals surface area (Å²) in [7, 11) is 0. The van der Waals surface area contributed by atoms with E-state index >= 15 is 0 Å². The maximum absolute atomic E-state index is 3.46. The van der Waals surface area contributed by atoms with Crippen molar-refractivity contribution >= 4 is 15.9 Å². The molecule has 0 heterocycles. The lowest BCUT2D eigenvalue weighted by molar-refractivity contribution is 0.482. The normalized spacial score (nSPS) is 14.3. The Kier molecular flexibility index (Phi) is 5.56. The molecule has 0 aliphatic carbocycles. The molecule has 0 nitrogen and oxygen atoms in total. The van der Waals surface area contributed by atoms with Crippen LogP contribution in [0.15, 0.2) is 0 Å². The van der Waals surface area contributed by atoms with E-state index in [-0.39, 0.29) is 0 Å². The maximum Gasteiger partial charge on any atom is 0.00570 e. The molecule has 0 fully saturated rings. The van der Waals surface area contributed by atoms with Gasteiger partial charge in [-0.2, -0.15) is 0 Å². The van der Waals surface area contributed by atoms with Gasteiger partial charge in [0, 0.05) is 5.33 Å². The van der Waals surface area contributed by atoms with Gasteiger partial charge in [0.25, 0.3) is 0 Å². The zero-order chi connectivity index (χ0) is 7.28. The molecule has 0 rings (SSSR count). The Morgan fingerprint density at radius 2 is 1.67 bits per heavy atom. The number of halogens is 1. The van der Waals surface area contributed by atoms with Crippen LogP contribution < -0.4 is 0 Å². The molecule has 1 heteroatoms. The number of rotatable bonds is 4. The van der Waals surface area contributed by atoms with Gasteiger partial charge in [0.15, 0.2) is 0 Å². The van der Waals surface area contributed by atoms with Crippen molar-refractivity contribution in [2.45, 2.75) is 33.6 Å². The molecule has 0 bridgehead atoms. The summed E-state index contributed by atoms with van der Waals surface area (Å²) >= 11 is 3.46. The van der Waals surface area contributed by atoms with E-state index in [9.17, 15) is 0 Å². The lowest BCUT2D eigenvalue weighted by Gasteiger charge is -2.08. The van der Waals surface area contributed by atoms with Crippen molar-refractivity contribution in [3.63, 3.8) is 0 Å². The van der Waals surface area contributed by atoms with Crippen LogP contribution in [0.2, 0.25) is 0 Å². The molecule has 0 aromatic heterocycles. The summed E-state index contributed by atoms with van der Waals surface area (Å²) in [6, 6.07) is 0. The van der Waals surface area contributed by atoms with Gasteiger partial charge < -0.3 is 0 Å². The first kappa shape index (κ1) is 9.48. The van der Waals surface area contributed by atoms with Gasteiger partial charge in [0.05, 0.1) is 0 Å². The summed E-state index contributed by atoms with van der Waals surface area (Å²) < 4.78 is 0. The van der Waals surface area contributed by atoms with Crippen LogP contribution in [-0.4, -0.2) is 5.33 Å². The lowest BCUT2D eigenvalue weighted by atomic mass is 10.0. The van der Waals surface area contributed by atoms with E-state index in [1.807, 2.05) is 0 Å². The minimum atomic E-state index is 0.854. The fraction of sp³-hybridized carbons (Fsp3) is 1.00. The van der Waals surface area contributed by atoms with E-state index in [0.29, 0.717) is 0 Å². The molecule has 0 aromatic rings. The van der Waals surface area contributed by atoms with Gasteiger partial charge in [-0.3, -0.25) is 0 Å². The van der Waals surface area contributed by atoms with Crippen molar-refractivity contribution < 1.29 is 0 Å². The molecule has 0 spiro atoms. The Morgan fingerprint density at radius 1 is 1.11 bits per heavy atom. The first-order valence-corrected chi connectivity index (χ1v) is 4.85. The van der Waals surface area contributed by atoms with E-state index in [2.05, 4.69) is 36.7 Å². The number of hydrogen-bond acceptors (Lipinski definition) is 0. The summed E-state index contributed by atoms with van der Waals surface area (Å²) in [6.07, 6.45) is 2.73. The third-order valence-corrected chi connectivity index (χ3v) is 2.61. The Labute approximate surface area is 67.2 Å². The van der Waals surface area contributed by atoms with Gasteiger partial charge >= 0.3 is 0 Å². The molecule has 0 saturated carbocycles. The summed E-state index contributed by atoms with van der Waals surface area (Å²) in [4.78, 5) is 0. The van der Waals surface area contributed by atoms with Crippen LogP contribution in [0.25, 0.3) is 0 Å². The van der Waals surface area contributed by atoms with Gasteiger partial charge in [-0.05, 0) is 18.3 Å². The van der Waals surface area contributed by atoms with Gasteiger partial charge in [0.1, 0.15) is 0 Å². The van der Waals surface area contributed by atoms with E-state index in [1.54, 1.807) is 0 Å². The number of hydrogen-bond donors (Lipinski definition) is 0. The Balaban J connectivity index is 3.06. The lowest BCUT2D eigenvalue weighted by Crippen LogP contribution is -1.97. The molecular weight excluding hydrogens is 176 g/mol. The SMILES string of the molecule is CC(C)CCC(C)CBr. The van der Waals surface area contributed by atoms with Crippen LogP contribution in [0.3, 0.4) is 0 Å². The predicted octanol–water partition coefficient (Wildman–Crippen LogP) is 3.45. The largest absolute Gasteiger partial charge is 0.0925 e. The molecule has 0 radical (unpaired) electrons. The van der Waals surface area contributed by atoms with Crippen molar-refractivity contribution in [2.24, 2.45) is 11.8 Å². The maximum atomic E-state index is 3.46.